The maximum atomic E-state index is 12.0. The third kappa shape index (κ3) is 5.61. The first-order chi connectivity index (χ1) is 12.0. The Bertz CT molecular complexity index is 788. The smallest absolute Gasteiger partial charge is 0.296 e. The molecule has 25 heavy (non-hydrogen) atoms. The third-order valence-corrected chi connectivity index (χ3v) is 3.45. The minimum absolute atomic E-state index is 0.111. The van der Waals surface area contributed by atoms with Crippen molar-refractivity contribution in [2.75, 3.05) is 11.9 Å². The Balaban J connectivity index is 2.11. The number of nitro groups is 1. The zero-order valence-electron chi connectivity index (χ0n) is 13.6. The van der Waals surface area contributed by atoms with E-state index in [0.29, 0.717) is 17.4 Å². The van der Waals surface area contributed by atoms with Crippen molar-refractivity contribution < 1.29 is 14.5 Å². The van der Waals surface area contributed by atoms with Crippen LogP contribution in [0.25, 0.3) is 6.08 Å². The average Bonchev–Trinajstić information content (AvgIpc) is 2.60. The van der Waals surface area contributed by atoms with Gasteiger partial charge < -0.3 is 10.1 Å². The number of carbonyl (C=O) groups is 1. The highest BCUT2D eigenvalue weighted by Gasteiger charge is 2.16. The molecule has 0 atom stereocenters. The summed E-state index contributed by atoms with van der Waals surface area (Å²) in [7, 11) is 0. The molecule has 0 saturated carbocycles. The third-order valence-electron chi connectivity index (χ3n) is 3.19. The van der Waals surface area contributed by atoms with Gasteiger partial charge in [0.15, 0.2) is 0 Å². The van der Waals surface area contributed by atoms with E-state index in [4.69, 9.17) is 16.3 Å². The van der Waals surface area contributed by atoms with Gasteiger partial charge in [0.2, 0.25) is 5.91 Å². The molecule has 0 aliphatic rings. The quantitative estimate of drug-likeness (QED) is 0.441. The van der Waals surface area contributed by atoms with Gasteiger partial charge in [-0.15, -0.1) is 0 Å². The van der Waals surface area contributed by atoms with E-state index < -0.39 is 10.8 Å². The molecule has 0 spiro atoms. The molecule has 0 aromatic heterocycles. The summed E-state index contributed by atoms with van der Waals surface area (Å²) in [5, 5.41) is 14.3. The summed E-state index contributed by atoms with van der Waals surface area (Å²) < 4.78 is 5.38. The Morgan fingerprint density at radius 3 is 2.64 bits per heavy atom. The van der Waals surface area contributed by atoms with Crippen LogP contribution in [0.4, 0.5) is 11.4 Å². The van der Waals surface area contributed by atoms with Crippen LogP contribution in [-0.2, 0) is 4.79 Å². The van der Waals surface area contributed by atoms with Crippen molar-refractivity contribution in [2.24, 2.45) is 0 Å². The predicted octanol–water partition coefficient (Wildman–Crippen LogP) is 4.69. The lowest BCUT2D eigenvalue weighted by molar-refractivity contribution is -0.384. The van der Waals surface area contributed by atoms with Gasteiger partial charge >= 0.3 is 0 Å². The SMILES string of the molecule is CCCOc1ccc(NC(=O)/C=C/c2ccc(Cl)cc2)c([N+](=O)[O-])c1. The van der Waals surface area contributed by atoms with Crippen LogP contribution in [0.15, 0.2) is 48.5 Å². The molecule has 2 aromatic carbocycles. The zero-order valence-corrected chi connectivity index (χ0v) is 14.3. The molecule has 0 heterocycles. The monoisotopic (exact) mass is 360 g/mol. The number of nitrogens with one attached hydrogen (secondary N) is 1. The summed E-state index contributed by atoms with van der Waals surface area (Å²) >= 11 is 5.80. The molecule has 0 aliphatic heterocycles. The van der Waals surface area contributed by atoms with Gasteiger partial charge in [0.05, 0.1) is 17.6 Å². The minimum Gasteiger partial charge on any atom is -0.493 e. The number of anilines is 1. The number of ether oxygens (including phenoxy) is 1. The molecular weight excluding hydrogens is 344 g/mol. The Labute approximate surface area is 150 Å². The Morgan fingerprint density at radius 1 is 1.28 bits per heavy atom. The van der Waals surface area contributed by atoms with Crippen molar-refractivity contribution in [1.82, 2.24) is 0 Å². The van der Waals surface area contributed by atoms with Gasteiger partial charge in [0.25, 0.3) is 5.69 Å². The largest absolute Gasteiger partial charge is 0.493 e. The van der Waals surface area contributed by atoms with Gasteiger partial charge in [0.1, 0.15) is 11.4 Å². The van der Waals surface area contributed by atoms with Crippen LogP contribution >= 0.6 is 11.6 Å². The molecule has 0 unspecified atom stereocenters. The topological polar surface area (TPSA) is 81.5 Å². The Kier molecular flexibility index (Phi) is 6.54. The molecule has 0 fully saturated rings. The van der Waals surface area contributed by atoms with Crippen LogP contribution in [0.3, 0.4) is 0 Å². The van der Waals surface area contributed by atoms with E-state index in [2.05, 4.69) is 5.32 Å². The normalized spacial score (nSPS) is 10.6. The van der Waals surface area contributed by atoms with Crippen molar-refractivity contribution in [3.63, 3.8) is 0 Å². The standard InChI is InChI=1S/C18H17ClN2O4/c1-2-11-25-15-8-9-16(17(12-15)21(23)24)20-18(22)10-5-13-3-6-14(19)7-4-13/h3-10,12H,2,11H2,1H3,(H,20,22)/b10-5+. The lowest BCUT2D eigenvalue weighted by atomic mass is 10.2. The second-order valence-corrected chi connectivity index (χ2v) is 5.60. The first-order valence-corrected chi connectivity index (χ1v) is 8.03. The number of nitro benzene ring substituents is 1. The lowest BCUT2D eigenvalue weighted by Crippen LogP contribution is -2.10. The van der Waals surface area contributed by atoms with Gasteiger partial charge in [-0.25, -0.2) is 0 Å². The maximum Gasteiger partial charge on any atom is 0.296 e. The van der Waals surface area contributed by atoms with E-state index in [9.17, 15) is 14.9 Å². The molecule has 0 aliphatic carbocycles. The van der Waals surface area contributed by atoms with Gasteiger partial charge in [-0.3, -0.25) is 14.9 Å². The number of carbonyl (C=O) groups excluding carboxylic acids is 1. The zero-order chi connectivity index (χ0) is 18.2. The van der Waals surface area contributed by atoms with Crippen LogP contribution in [0.5, 0.6) is 5.75 Å². The number of hydrogen-bond acceptors (Lipinski definition) is 4. The van der Waals surface area contributed by atoms with Crippen LogP contribution in [0.2, 0.25) is 5.02 Å². The van der Waals surface area contributed by atoms with Gasteiger partial charge in [-0.2, -0.15) is 0 Å². The summed E-state index contributed by atoms with van der Waals surface area (Å²) in [6.45, 7) is 2.41. The predicted molar refractivity (Wildman–Crippen MR) is 98.0 cm³/mol. The van der Waals surface area contributed by atoms with Crippen molar-refractivity contribution >= 4 is 35.0 Å². The number of rotatable bonds is 7. The van der Waals surface area contributed by atoms with E-state index in [1.807, 2.05) is 6.92 Å². The molecule has 2 aromatic rings. The van der Waals surface area contributed by atoms with Gasteiger partial charge in [-0.1, -0.05) is 30.7 Å². The van der Waals surface area contributed by atoms with Crippen molar-refractivity contribution in [2.45, 2.75) is 13.3 Å². The van der Waals surface area contributed by atoms with Gasteiger partial charge in [0, 0.05) is 11.1 Å². The van der Waals surface area contributed by atoms with E-state index in [-0.39, 0.29) is 11.4 Å². The second kappa shape index (κ2) is 8.84. The highest BCUT2D eigenvalue weighted by molar-refractivity contribution is 6.30. The second-order valence-electron chi connectivity index (χ2n) is 5.16. The summed E-state index contributed by atoms with van der Waals surface area (Å²) in [5.74, 6) is -0.0801. The Morgan fingerprint density at radius 2 is 2.00 bits per heavy atom. The van der Waals surface area contributed by atoms with Crippen LogP contribution < -0.4 is 10.1 Å². The van der Waals surface area contributed by atoms with E-state index in [1.165, 1.54) is 18.2 Å². The van der Waals surface area contributed by atoms with E-state index in [0.717, 1.165) is 12.0 Å². The van der Waals surface area contributed by atoms with Crippen LogP contribution in [0, 0.1) is 10.1 Å². The lowest BCUT2D eigenvalue weighted by Gasteiger charge is -2.07. The molecule has 0 saturated heterocycles. The van der Waals surface area contributed by atoms with Crippen LogP contribution in [-0.4, -0.2) is 17.4 Å². The fraction of sp³-hybridized carbons (Fsp3) is 0.167. The molecule has 1 N–H and O–H groups in total. The highest BCUT2D eigenvalue weighted by Crippen LogP contribution is 2.29. The number of halogens is 1. The molecular formula is C18H17ClN2O4. The van der Waals surface area contributed by atoms with E-state index >= 15 is 0 Å². The molecule has 6 nitrogen and oxygen atoms in total. The van der Waals surface area contributed by atoms with Crippen molar-refractivity contribution in [1.29, 1.82) is 0 Å². The Hall–Kier alpha value is -2.86. The molecule has 7 heteroatoms. The fourth-order valence-corrected chi connectivity index (χ4v) is 2.12. The molecule has 0 radical (unpaired) electrons. The highest BCUT2D eigenvalue weighted by atomic mass is 35.5. The van der Waals surface area contributed by atoms with Crippen molar-refractivity contribution in [3.8, 4) is 5.75 Å². The average molecular weight is 361 g/mol. The summed E-state index contributed by atoms with van der Waals surface area (Å²) in [6, 6.07) is 11.3. The first kappa shape index (κ1) is 18.5. The molecule has 130 valence electrons. The van der Waals surface area contributed by atoms with Crippen molar-refractivity contribution in [3.05, 3.63) is 69.2 Å². The summed E-state index contributed by atoms with van der Waals surface area (Å²) in [5.41, 5.74) is 0.679. The maximum absolute atomic E-state index is 12.0. The number of benzene rings is 2. The van der Waals surface area contributed by atoms with E-state index in [1.54, 1.807) is 36.4 Å². The molecule has 1 amide bonds. The number of amides is 1. The summed E-state index contributed by atoms with van der Waals surface area (Å²) in [6.07, 6.45) is 3.69. The molecule has 2 rings (SSSR count). The number of nitrogens with zero attached hydrogens (tertiary/aromatic N) is 1. The summed E-state index contributed by atoms with van der Waals surface area (Å²) in [4.78, 5) is 22.7. The number of hydrogen-bond donors (Lipinski definition) is 1. The fourth-order valence-electron chi connectivity index (χ4n) is 2.00. The molecule has 0 bridgehead atoms. The first-order valence-electron chi connectivity index (χ1n) is 7.65. The minimum atomic E-state index is -0.558. The van der Waals surface area contributed by atoms with Crippen LogP contribution in [0.1, 0.15) is 18.9 Å². The van der Waals surface area contributed by atoms with Gasteiger partial charge in [-0.05, 0) is 42.3 Å².